The van der Waals surface area contributed by atoms with Gasteiger partial charge in [-0.15, -0.1) is 0 Å². The Bertz CT molecular complexity index is 918. The third-order valence-corrected chi connectivity index (χ3v) is 4.41. The molecule has 0 spiro atoms. The molecule has 0 saturated heterocycles. The number of hydrogen-bond donors (Lipinski definition) is 0. The second-order valence-electron chi connectivity index (χ2n) is 6.51. The number of aromatic nitrogens is 2. The van der Waals surface area contributed by atoms with Crippen molar-refractivity contribution in [1.82, 2.24) is 14.7 Å². The van der Waals surface area contributed by atoms with Gasteiger partial charge in [0, 0.05) is 25.4 Å². The Kier molecular flexibility index (Phi) is 5.82. The molecule has 3 aromatic rings. The van der Waals surface area contributed by atoms with E-state index in [0.29, 0.717) is 17.8 Å². The summed E-state index contributed by atoms with van der Waals surface area (Å²) in [6, 6.07) is 17.3. The van der Waals surface area contributed by atoms with Crippen molar-refractivity contribution < 1.29 is 18.0 Å². The highest BCUT2D eigenvalue weighted by atomic mass is 19.4. The van der Waals surface area contributed by atoms with E-state index in [1.54, 1.807) is 36.2 Å². The van der Waals surface area contributed by atoms with Gasteiger partial charge in [-0.1, -0.05) is 30.3 Å². The lowest BCUT2D eigenvalue weighted by molar-refractivity contribution is -0.141. The quantitative estimate of drug-likeness (QED) is 0.620. The fraction of sp³-hybridized carbons (Fsp3) is 0.238. The minimum Gasteiger partial charge on any atom is -0.342 e. The lowest BCUT2D eigenvalue weighted by atomic mass is 10.1. The van der Waals surface area contributed by atoms with E-state index in [2.05, 4.69) is 17.2 Å². The van der Waals surface area contributed by atoms with Gasteiger partial charge in [-0.25, -0.2) is 4.68 Å². The van der Waals surface area contributed by atoms with E-state index in [4.69, 9.17) is 0 Å². The molecular formula is C21H20F3N3O. The zero-order valence-corrected chi connectivity index (χ0v) is 15.4. The molecule has 1 amide bonds. The zero-order valence-electron chi connectivity index (χ0n) is 15.4. The Labute approximate surface area is 161 Å². The number of halogens is 3. The number of alkyl halides is 3. The largest absolute Gasteiger partial charge is 0.435 e. The van der Waals surface area contributed by atoms with Gasteiger partial charge in [0.1, 0.15) is 0 Å². The topological polar surface area (TPSA) is 38.1 Å². The Morgan fingerprint density at radius 2 is 1.71 bits per heavy atom. The van der Waals surface area contributed by atoms with Crippen LogP contribution in [0.4, 0.5) is 13.2 Å². The van der Waals surface area contributed by atoms with Crippen LogP contribution in [0.15, 0.2) is 66.9 Å². The number of hydrogen-bond acceptors (Lipinski definition) is 2. The average molecular weight is 387 g/mol. The number of aryl methyl sites for hydroxylation is 1. The summed E-state index contributed by atoms with van der Waals surface area (Å²) >= 11 is 0. The lowest BCUT2D eigenvalue weighted by Gasteiger charge is -2.17. The molecule has 7 heteroatoms. The molecule has 0 radical (unpaired) electrons. The molecule has 0 aliphatic heterocycles. The molecule has 0 unspecified atom stereocenters. The summed E-state index contributed by atoms with van der Waals surface area (Å²) in [5, 5.41) is 3.53. The number of nitrogens with zero attached hydrogens (tertiary/aromatic N) is 3. The second-order valence-corrected chi connectivity index (χ2v) is 6.51. The molecule has 4 nitrogen and oxygen atoms in total. The van der Waals surface area contributed by atoms with Crippen LogP contribution in [0.2, 0.25) is 0 Å². The van der Waals surface area contributed by atoms with Crippen molar-refractivity contribution in [2.45, 2.75) is 19.0 Å². The Hall–Kier alpha value is -3.09. The molecular weight excluding hydrogens is 367 g/mol. The first-order valence-corrected chi connectivity index (χ1v) is 8.87. The fourth-order valence-corrected chi connectivity index (χ4v) is 2.86. The highest BCUT2D eigenvalue weighted by molar-refractivity contribution is 5.94. The molecule has 0 aliphatic carbocycles. The monoisotopic (exact) mass is 387 g/mol. The van der Waals surface area contributed by atoms with Gasteiger partial charge in [-0.2, -0.15) is 18.3 Å². The standard InChI is InChI=1S/C21H20F3N3O/c1-26(14-5-8-16-6-3-2-4-7-16)20(28)17-9-11-18(12-10-17)27-15-13-19(25-27)21(22,23)24/h2-4,6-7,9-13,15H,5,8,14H2,1H3. The highest BCUT2D eigenvalue weighted by Crippen LogP contribution is 2.27. The maximum absolute atomic E-state index is 12.7. The summed E-state index contributed by atoms with van der Waals surface area (Å²) in [5.74, 6) is -0.129. The van der Waals surface area contributed by atoms with Gasteiger partial charge in [0.2, 0.25) is 0 Å². The van der Waals surface area contributed by atoms with Crippen molar-refractivity contribution in [3.63, 3.8) is 0 Å². The maximum Gasteiger partial charge on any atom is 0.435 e. The van der Waals surface area contributed by atoms with Crippen LogP contribution in [0, 0.1) is 0 Å². The van der Waals surface area contributed by atoms with Crippen LogP contribution in [0.3, 0.4) is 0 Å². The van der Waals surface area contributed by atoms with Crippen LogP contribution in [0.5, 0.6) is 0 Å². The molecule has 0 aliphatic rings. The molecule has 0 fully saturated rings. The number of rotatable bonds is 6. The fourth-order valence-electron chi connectivity index (χ4n) is 2.86. The van der Waals surface area contributed by atoms with E-state index < -0.39 is 11.9 Å². The molecule has 0 atom stereocenters. The first-order chi connectivity index (χ1) is 13.3. The molecule has 1 heterocycles. The number of amides is 1. The summed E-state index contributed by atoms with van der Waals surface area (Å²) in [7, 11) is 1.74. The van der Waals surface area contributed by atoms with Gasteiger partial charge in [-0.3, -0.25) is 4.79 Å². The van der Waals surface area contributed by atoms with Crippen LogP contribution in [0.25, 0.3) is 5.69 Å². The summed E-state index contributed by atoms with van der Waals surface area (Å²) < 4.78 is 39.1. The first-order valence-electron chi connectivity index (χ1n) is 8.87. The molecule has 146 valence electrons. The minimum absolute atomic E-state index is 0.129. The van der Waals surface area contributed by atoms with E-state index in [-0.39, 0.29) is 5.91 Å². The summed E-state index contributed by atoms with van der Waals surface area (Å²) in [4.78, 5) is 14.2. The molecule has 0 N–H and O–H groups in total. The van der Waals surface area contributed by atoms with Gasteiger partial charge >= 0.3 is 6.18 Å². The highest BCUT2D eigenvalue weighted by Gasteiger charge is 2.33. The van der Waals surface area contributed by atoms with Crippen LogP contribution in [0.1, 0.15) is 28.0 Å². The zero-order chi connectivity index (χ0) is 20.1. The van der Waals surface area contributed by atoms with E-state index in [1.165, 1.54) is 11.8 Å². The van der Waals surface area contributed by atoms with E-state index in [9.17, 15) is 18.0 Å². The van der Waals surface area contributed by atoms with Gasteiger partial charge in [-0.05, 0) is 48.7 Å². The molecule has 0 saturated carbocycles. The van der Waals surface area contributed by atoms with Crippen molar-refractivity contribution in [3.8, 4) is 5.69 Å². The van der Waals surface area contributed by atoms with Crippen molar-refractivity contribution in [2.24, 2.45) is 0 Å². The van der Waals surface area contributed by atoms with Crippen molar-refractivity contribution in [1.29, 1.82) is 0 Å². The molecule has 2 aromatic carbocycles. The molecule has 1 aromatic heterocycles. The lowest BCUT2D eigenvalue weighted by Crippen LogP contribution is -2.28. The third-order valence-electron chi connectivity index (χ3n) is 4.41. The van der Waals surface area contributed by atoms with Gasteiger partial charge in [0.15, 0.2) is 5.69 Å². The van der Waals surface area contributed by atoms with Gasteiger partial charge in [0.25, 0.3) is 5.91 Å². The summed E-state index contributed by atoms with van der Waals surface area (Å²) in [6.45, 7) is 0.615. The maximum atomic E-state index is 12.7. The van der Waals surface area contributed by atoms with Crippen LogP contribution in [-0.2, 0) is 12.6 Å². The van der Waals surface area contributed by atoms with Crippen LogP contribution < -0.4 is 0 Å². The van der Waals surface area contributed by atoms with Crippen LogP contribution in [-0.4, -0.2) is 34.2 Å². The van der Waals surface area contributed by atoms with E-state index in [1.807, 2.05) is 18.2 Å². The van der Waals surface area contributed by atoms with Crippen molar-refractivity contribution >= 4 is 5.91 Å². The normalized spacial score (nSPS) is 11.4. The summed E-state index contributed by atoms with van der Waals surface area (Å²) in [5.41, 5.74) is 1.21. The van der Waals surface area contributed by atoms with Gasteiger partial charge in [0.05, 0.1) is 5.69 Å². The van der Waals surface area contributed by atoms with Crippen LogP contribution >= 0.6 is 0 Å². The molecule has 3 rings (SSSR count). The second kappa shape index (κ2) is 8.29. The van der Waals surface area contributed by atoms with Crippen molar-refractivity contribution in [3.05, 3.63) is 83.7 Å². The number of benzene rings is 2. The predicted molar refractivity (Wildman–Crippen MR) is 100 cm³/mol. The third kappa shape index (κ3) is 4.79. The van der Waals surface area contributed by atoms with Gasteiger partial charge < -0.3 is 4.90 Å². The minimum atomic E-state index is -4.48. The SMILES string of the molecule is CN(CCCc1ccccc1)C(=O)c1ccc(-n2ccc(C(F)(F)F)n2)cc1. The first kappa shape index (κ1) is 19.7. The summed E-state index contributed by atoms with van der Waals surface area (Å²) in [6.07, 6.45) is -1.50. The Balaban J connectivity index is 1.59. The molecule has 28 heavy (non-hydrogen) atoms. The molecule has 0 bridgehead atoms. The predicted octanol–water partition coefficient (Wildman–Crippen LogP) is 4.60. The van der Waals surface area contributed by atoms with Crippen molar-refractivity contribution in [2.75, 3.05) is 13.6 Å². The Morgan fingerprint density at radius 3 is 2.32 bits per heavy atom. The Morgan fingerprint density at radius 1 is 1.04 bits per heavy atom. The van der Waals surface area contributed by atoms with E-state index >= 15 is 0 Å². The number of carbonyl (C=O) groups excluding carboxylic acids is 1. The average Bonchev–Trinajstić information content (AvgIpc) is 3.19. The number of carbonyl (C=O) groups is 1. The smallest absolute Gasteiger partial charge is 0.342 e. The van der Waals surface area contributed by atoms with E-state index in [0.717, 1.165) is 23.6 Å².